The standard InChI is InChI=1S/C15H32N2/c1-10(2)13(5)17(7)15-12(4)8-11(3)9-14(15)16-6/h10-16H,8-9H2,1-7H3. The van der Waals surface area contributed by atoms with E-state index in [1.807, 2.05) is 0 Å². The van der Waals surface area contributed by atoms with Crippen molar-refractivity contribution in [3.05, 3.63) is 0 Å². The van der Waals surface area contributed by atoms with Gasteiger partial charge in [-0.05, 0) is 51.6 Å². The van der Waals surface area contributed by atoms with Crippen LogP contribution in [0, 0.1) is 17.8 Å². The van der Waals surface area contributed by atoms with Crippen molar-refractivity contribution in [1.82, 2.24) is 10.2 Å². The van der Waals surface area contributed by atoms with Crippen molar-refractivity contribution < 1.29 is 0 Å². The summed E-state index contributed by atoms with van der Waals surface area (Å²) in [5.41, 5.74) is 0. The summed E-state index contributed by atoms with van der Waals surface area (Å²) < 4.78 is 0. The van der Waals surface area contributed by atoms with E-state index in [-0.39, 0.29) is 0 Å². The molecule has 1 aliphatic carbocycles. The molecule has 0 heterocycles. The van der Waals surface area contributed by atoms with Crippen LogP contribution in [0.1, 0.15) is 47.5 Å². The largest absolute Gasteiger partial charge is 0.315 e. The van der Waals surface area contributed by atoms with Crippen LogP contribution in [0.2, 0.25) is 0 Å². The van der Waals surface area contributed by atoms with E-state index in [9.17, 15) is 0 Å². The molecule has 2 heteroatoms. The molecule has 17 heavy (non-hydrogen) atoms. The maximum atomic E-state index is 3.55. The van der Waals surface area contributed by atoms with Crippen LogP contribution in [0.15, 0.2) is 0 Å². The fourth-order valence-electron chi connectivity index (χ4n) is 3.56. The molecule has 0 saturated heterocycles. The SMILES string of the molecule is CNC1CC(C)CC(C)C1N(C)C(C)C(C)C. The smallest absolute Gasteiger partial charge is 0.0274 e. The summed E-state index contributed by atoms with van der Waals surface area (Å²) in [7, 11) is 4.43. The molecule has 2 nitrogen and oxygen atoms in total. The zero-order valence-electron chi connectivity index (χ0n) is 12.8. The molecule has 1 aliphatic rings. The summed E-state index contributed by atoms with van der Waals surface area (Å²) in [6.07, 6.45) is 2.69. The van der Waals surface area contributed by atoms with Gasteiger partial charge in [0.25, 0.3) is 0 Å². The van der Waals surface area contributed by atoms with Crippen LogP contribution in [0.25, 0.3) is 0 Å². The molecule has 0 amide bonds. The number of hydrogen-bond donors (Lipinski definition) is 1. The Morgan fingerprint density at radius 1 is 1.12 bits per heavy atom. The summed E-state index contributed by atoms with van der Waals surface area (Å²) in [5.74, 6) is 2.38. The number of nitrogens with zero attached hydrogens (tertiary/aromatic N) is 1. The fraction of sp³-hybridized carbons (Fsp3) is 1.00. The molecule has 0 aromatic carbocycles. The third-order valence-electron chi connectivity index (χ3n) is 4.87. The van der Waals surface area contributed by atoms with Crippen molar-refractivity contribution in [2.24, 2.45) is 17.8 Å². The minimum atomic E-state index is 0.653. The van der Waals surface area contributed by atoms with Crippen LogP contribution < -0.4 is 5.32 Å². The van der Waals surface area contributed by atoms with Crippen LogP contribution in [-0.2, 0) is 0 Å². The van der Waals surface area contributed by atoms with Crippen LogP contribution >= 0.6 is 0 Å². The topological polar surface area (TPSA) is 15.3 Å². The van der Waals surface area contributed by atoms with Gasteiger partial charge in [-0.1, -0.05) is 27.7 Å². The van der Waals surface area contributed by atoms with E-state index in [2.05, 4.69) is 58.9 Å². The maximum Gasteiger partial charge on any atom is 0.0274 e. The first-order valence-corrected chi connectivity index (χ1v) is 7.27. The highest BCUT2D eigenvalue weighted by Crippen LogP contribution is 2.33. The number of likely N-dealkylation sites (N-methyl/N-ethyl adjacent to an activating group) is 2. The first kappa shape index (κ1) is 15.0. The lowest BCUT2D eigenvalue weighted by molar-refractivity contribution is 0.0440. The molecule has 1 saturated carbocycles. The Labute approximate surface area is 108 Å². The van der Waals surface area contributed by atoms with Gasteiger partial charge in [-0.25, -0.2) is 0 Å². The minimum Gasteiger partial charge on any atom is -0.315 e. The van der Waals surface area contributed by atoms with Crippen molar-refractivity contribution in [2.75, 3.05) is 14.1 Å². The molecule has 0 spiro atoms. The summed E-state index contributed by atoms with van der Waals surface area (Å²) in [5, 5.41) is 3.55. The summed E-state index contributed by atoms with van der Waals surface area (Å²) in [6.45, 7) is 11.8. The zero-order chi connectivity index (χ0) is 13.2. The van der Waals surface area contributed by atoms with Gasteiger partial charge in [0.2, 0.25) is 0 Å². The van der Waals surface area contributed by atoms with Gasteiger partial charge in [-0.2, -0.15) is 0 Å². The van der Waals surface area contributed by atoms with Gasteiger partial charge in [0.05, 0.1) is 0 Å². The molecule has 102 valence electrons. The lowest BCUT2D eigenvalue weighted by atomic mass is 9.75. The Morgan fingerprint density at radius 2 is 1.71 bits per heavy atom. The number of hydrogen-bond acceptors (Lipinski definition) is 2. The summed E-state index contributed by atoms with van der Waals surface area (Å²) in [4.78, 5) is 2.61. The van der Waals surface area contributed by atoms with E-state index in [1.165, 1.54) is 12.8 Å². The molecular formula is C15H32N2. The third kappa shape index (κ3) is 3.45. The number of nitrogens with one attached hydrogen (secondary N) is 1. The Kier molecular flexibility index (Phi) is 5.46. The predicted octanol–water partition coefficient (Wildman–Crippen LogP) is 2.99. The second kappa shape index (κ2) is 6.19. The van der Waals surface area contributed by atoms with Crippen LogP contribution in [-0.4, -0.2) is 37.1 Å². The van der Waals surface area contributed by atoms with Gasteiger partial charge < -0.3 is 5.32 Å². The van der Waals surface area contributed by atoms with E-state index >= 15 is 0 Å². The van der Waals surface area contributed by atoms with E-state index in [0.717, 1.165) is 17.8 Å². The molecule has 1 rings (SSSR count). The highest BCUT2D eigenvalue weighted by atomic mass is 15.2. The van der Waals surface area contributed by atoms with Gasteiger partial charge >= 0.3 is 0 Å². The average molecular weight is 240 g/mol. The molecule has 0 aromatic rings. The highest BCUT2D eigenvalue weighted by Gasteiger charge is 2.37. The van der Waals surface area contributed by atoms with Crippen LogP contribution in [0.4, 0.5) is 0 Å². The van der Waals surface area contributed by atoms with Crippen molar-refractivity contribution in [2.45, 2.75) is 65.6 Å². The second-order valence-electron chi connectivity index (χ2n) is 6.59. The van der Waals surface area contributed by atoms with Crippen molar-refractivity contribution in [3.8, 4) is 0 Å². The molecule has 1 N–H and O–H groups in total. The molecule has 0 radical (unpaired) electrons. The molecule has 5 atom stereocenters. The van der Waals surface area contributed by atoms with Gasteiger partial charge in [0.1, 0.15) is 0 Å². The molecule has 0 bridgehead atoms. The predicted molar refractivity (Wildman–Crippen MR) is 76.3 cm³/mol. The first-order chi connectivity index (χ1) is 7.88. The molecule has 5 unspecified atom stereocenters. The van der Waals surface area contributed by atoms with E-state index in [0.29, 0.717) is 18.1 Å². The molecule has 0 aliphatic heterocycles. The normalized spacial score (nSPS) is 36.5. The van der Waals surface area contributed by atoms with Crippen LogP contribution in [0.3, 0.4) is 0 Å². The Balaban J connectivity index is 2.77. The zero-order valence-corrected chi connectivity index (χ0v) is 12.8. The lowest BCUT2D eigenvalue weighted by Gasteiger charge is -2.47. The Bertz CT molecular complexity index is 227. The monoisotopic (exact) mass is 240 g/mol. The Morgan fingerprint density at radius 3 is 2.18 bits per heavy atom. The van der Waals surface area contributed by atoms with Crippen LogP contribution in [0.5, 0.6) is 0 Å². The number of rotatable bonds is 4. The highest BCUT2D eigenvalue weighted by molar-refractivity contribution is 4.94. The van der Waals surface area contributed by atoms with Gasteiger partial charge in [-0.15, -0.1) is 0 Å². The maximum absolute atomic E-state index is 3.55. The fourth-order valence-corrected chi connectivity index (χ4v) is 3.56. The molecule has 0 aromatic heterocycles. The van der Waals surface area contributed by atoms with Crippen molar-refractivity contribution in [3.63, 3.8) is 0 Å². The lowest BCUT2D eigenvalue weighted by Crippen LogP contribution is -2.57. The van der Waals surface area contributed by atoms with Crippen molar-refractivity contribution in [1.29, 1.82) is 0 Å². The van der Waals surface area contributed by atoms with E-state index in [4.69, 9.17) is 0 Å². The minimum absolute atomic E-state index is 0.653. The summed E-state index contributed by atoms with van der Waals surface area (Å²) >= 11 is 0. The van der Waals surface area contributed by atoms with Crippen molar-refractivity contribution >= 4 is 0 Å². The molecular weight excluding hydrogens is 208 g/mol. The van der Waals surface area contributed by atoms with Gasteiger partial charge in [0, 0.05) is 18.1 Å². The van der Waals surface area contributed by atoms with Gasteiger partial charge in [0.15, 0.2) is 0 Å². The second-order valence-corrected chi connectivity index (χ2v) is 6.59. The summed E-state index contributed by atoms with van der Waals surface area (Å²) in [6, 6.07) is 2.00. The Hall–Kier alpha value is -0.0800. The van der Waals surface area contributed by atoms with Gasteiger partial charge in [-0.3, -0.25) is 4.90 Å². The van der Waals surface area contributed by atoms with E-state index in [1.54, 1.807) is 0 Å². The molecule has 1 fully saturated rings. The third-order valence-corrected chi connectivity index (χ3v) is 4.87. The average Bonchev–Trinajstić information content (AvgIpc) is 2.25. The first-order valence-electron chi connectivity index (χ1n) is 7.27. The van der Waals surface area contributed by atoms with E-state index < -0.39 is 0 Å². The quantitative estimate of drug-likeness (QED) is 0.813.